The first-order valence-corrected chi connectivity index (χ1v) is 11.1. The first-order chi connectivity index (χ1) is 16.1. The molecule has 3 amide bonds. The lowest BCUT2D eigenvalue weighted by molar-refractivity contribution is 0.0713. The number of benzene rings is 3. The molecule has 1 aliphatic rings. The van der Waals surface area contributed by atoms with E-state index in [1.54, 1.807) is 24.3 Å². The topological polar surface area (TPSA) is 85.2 Å². The zero-order valence-corrected chi connectivity index (χ0v) is 18.3. The molecule has 1 heterocycles. The van der Waals surface area contributed by atoms with Gasteiger partial charge in [-0.2, -0.15) is 5.26 Å². The molecular weight excluding hydrogens is 412 g/mol. The summed E-state index contributed by atoms with van der Waals surface area (Å²) in [5, 5.41) is 14.6. The summed E-state index contributed by atoms with van der Waals surface area (Å²) in [6.07, 6.45) is 1.77. The Morgan fingerprint density at radius 3 is 2.36 bits per heavy atom. The average Bonchev–Trinajstić information content (AvgIpc) is 2.88. The third-order valence-corrected chi connectivity index (χ3v) is 5.96. The van der Waals surface area contributed by atoms with Gasteiger partial charge in [0.1, 0.15) is 0 Å². The Hall–Kier alpha value is -4.11. The van der Waals surface area contributed by atoms with Crippen molar-refractivity contribution in [1.29, 1.82) is 5.26 Å². The lowest BCUT2D eigenvalue weighted by atomic mass is 9.89. The number of hydrogen-bond acceptors (Lipinski definition) is 3. The van der Waals surface area contributed by atoms with E-state index in [0.29, 0.717) is 42.4 Å². The molecule has 0 radical (unpaired) electrons. The quantitative estimate of drug-likeness (QED) is 0.594. The molecule has 0 unspecified atom stereocenters. The van der Waals surface area contributed by atoms with Crippen molar-refractivity contribution in [2.24, 2.45) is 0 Å². The van der Waals surface area contributed by atoms with Crippen LogP contribution in [0.3, 0.4) is 0 Å². The Balaban J connectivity index is 1.31. The predicted molar refractivity (Wildman–Crippen MR) is 128 cm³/mol. The van der Waals surface area contributed by atoms with Gasteiger partial charge in [0.15, 0.2) is 0 Å². The largest absolute Gasteiger partial charge is 0.339 e. The van der Waals surface area contributed by atoms with Crippen molar-refractivity contribution in [1.82, 2.24) is 10.2 Å². The number of urea groups is 1. The van der Waals surface area contributed by atoms with Gasteiger partial charge < -0.3 is 15.5 Å². The highest BCUT2D eigenvalue weighted by molar-refractivity contribution is 5.97. The SMILES string of the molecule is N#Cc1ccc(C2CCN(C(=O)c3cccc(NC(=O)NCc4ccccc4)c3)CC2)cc1. The van der Waals surface area contributed by atoms with Gasteiger partial charge in [-0.25, -0.2) is 4.79 Å². The fourth-order valence-corrected chi connectivity index (χ4v) is 4.11. The average molecular weight is 439 g/mol. The van der Waals surface area contributed by atoms with Crippen LogP contribution in [0.15, 0.2) is 78.9 Å². The van der Waals surface area contributed by atoms with Crippen molar-refractivity contribution >= 4 is 17.6 Å². The molecule has 1 fully saturated rings. The van der Waals surface area contributed by atoms with Crippen LogP contribution < -0.4 is 10.6 Å². The number of nitrogens with zero attached hydrogens (tertiary/aromatic N) is 2. The number of likely N-dealkylation sites (tertiary alicyclic amines) is 1. The van der Waals surface area contributed by atoms with Crippen molar-refractivity contribution in [3.63, 3.8) is 0 Å². The monoisotopic (exact) mass is 438 g/mol. The smallest absolute Gasteiger partial charge is 0.319 e. The van der Waals surface area contributed by atoms with E-state index in [1.807, 2.05) is 59.5 Å². The van der Waals surface area contributed by atoms with Crippen LogP contribution in [-0.2, 0) is 6.54 Å². The number of nitrogens with one attached hydrogen (secondary N) is 2. The Morgan fingerprint density at radius 1 is 0.939 bits per heavy atom. The van der Waals surface area contributed by atoms with Gasteiger partial charge in [-0.1, -0.05) is 48.5 Å². The maximum Gasteiger partial charge on any atom is 0.319 e. The third-order valence-electron chi connectivity index (χ3n) is 5.96. The van der Waals surface area contributed by atoms with Crippen LogP contribution in [0.5, 0.6) is 0 Å². The minimum absolute atomic E-state index is 0.0263. The van der Waals surface area contributed by atoms with Crippen LogP contribution in [0, 0.1) is 11.3 Å². The maximum absolute atomic E-state index is 13.0. The number of piperidine rings is 1. The number of nitriles is 1. The second-order valence-corrected chi connectivity index (χ2v) is 8.17. The fraction of sp³-hybridized carbons (Fsp3) is 0.222. The van der Waals surface area contributed by atoms with Crippen LogP contribution in [0.25, 0.3) is 0 Å². The fourth-order valence-electron chi connectivity index (χ4n) is 4.11. The lowest BCUT2D eigenvalue weighted by Gasteiger charge is -2.32. The highest BCUT2D eigenvalue weighted by Crippen LogP contribution is 2.29. The van der Waals surface area contributed by atoms with Gasteiger partial charge in [-0.3, -0.25) is 4.79 Å². The van der Waals surface area contributed by atoms with Gasteiger partial charge in [-0.15, -0.1) is 0 Å². The normalized spacial score (nSPS) is 13.7. The summed E-state index contributed by atoms with van der Waals surface area (Å²) < 4.78 is 0. The van der Waals surface area contributed by atoms with E-state index in [1.165, 1.54) is 5.56 Å². The molecule has 4 rings (SSSR count). The molecule has 0 saturated carbocycles. The number of hydrogen-bond donors (Lipinski definition) is 2. The van der Waals surface area contributed by atoms with Crippen molar-refractivity contribution in [2.45, 2.75) is 25.3 Å². The summed E-state index contributed by atoms with van der Waals surface area (Å²) in [6, 6.07) is 26.3. The molecule has 1 saturated heterocycles. The maximum atomic E-state index is 13.0. The summed E-state index contributed by atoms with van der Waals surface area (Å²) in [6.45, 7) is 1.79. The van der Waals surface area contributed by atoms with Gasteiger partial charge in [0.05, 0.1) is 11.6 Å². The molecule has 0 bridgehead atoms. The number of carbonyl (C=O) groups is 2. The van der Waals surface area contributed by atoms with Crippen LogP contribution in [0.4, 0.5) is 10.5 Å². The van der Waals surface area contributed by atoms with E-state index in [-0.39, 0.29) is 11.9 Å². The van der Waals surface area contributed by atoms with Gasteiger partial charge in [-0.05, 0) is 60.2 Å². The summed E-state index contributed by atoms with van der Waals surface area (Å²) >= 11 is 0. The van der Waals surface area contributed by atoms with Crippen LogP contribution >= 0.6 is 0 Å². The van der Waals surface area contributed by atoms with E-state index < -0.39 is 0 Å². The highest BCUT2D eigenvalue weighted by atomic mass is 16.2. The van der Waals surface area contributed by atoms with E-state index in [0.717, 1.165) is 18.4 Å². The molecular formula is C27H26N4O2. The molecule has 6 nitrogen and oxygen atoms in total. The number of amides is 3. The minimum atomic E-state index is -0.313. The molecule has 0 aromatic heterocycles. The zero-order valence-electron chi connectivity index (χ0n) is 18.3. The van der Waals surface area contributed by atoms with Gasteiger partial charge in [0.25, 0.3) is 5.91 Å². The van der Waals surface area contributed by atoms with Crippen molar-refractivity contribution in [3.8, 4) is 6.07 Å². The van der Waals surface area contributed by atoms with E-state index in [4.69, 9.17) is 5.26 Å². The van der Waals surface area contributed by atoms with E-state index in [9.17, 15) is 9.59 Å². The number of carbonyl (C=O) groups excluding carboxylic acids is 2. The second-order valence-electron chi connectivity index (χ2n) is 8.17. The summed E-state index contributed by atoms with van der Waals surface area (Å²) in [7, 11) is 0. The van der Waals surface area contributed by atoms with Crippen molar-refractivity contribution in [3.05, 3.63) is 101 Å². The van der Waals surface area contributed by atoms with Crippen molar-refractivity contribution < 1.29 is 9.59 Å². The Labute approximate surface area is 193 Å². The van der Waals surface area contributed by atoms with Crippen molar-refractivity contribution in [2.75, 3.05) is 18.4 Å². The summed E-state index contributed by atoms with van der Waals surface area (Å²) in [5.74, 6) is 0.365. The summed E-state index contributed by atoms with van der Waals surface area (Å²) in [5.41, 5.74) is 4.04. The molecule has 6 heteroatoms. The molecule has 3 aromatic rings. The van der Waals surface area contributed by atoms with Gasteiger partial charge in [0.2, 0.25) is 0 Å². The lowest BCUT2D eigenvalue weighted by Crippen LogP contribution is -2.38. The Kier molecular flexibility index (Phi) is 7.01. The molecule has 166 valence electrons. The van der Waals surface area contributed by atoms with Crippen LogP contribution in [0.1, 0.15) is 45.8 Å². The van der Waals surface area contributed by atoms with Gasteiger partial charge >= 0.3 is 6.03 Å². The van der Waals surface area contributed by atoms with Gasteiger partial charge in [0, 0.05) is 30.9 Å². The number of rotatable bonds is 5. The molecule has 1 aliphatic heterocycles. The molecule has 3 aromatic carbocycles. The second kappa shape index (κ2) is 10.5. The zero-order chi connectivity index (χ0) is 23.0. The molecule has 0 spiro atoms. The molecule has 0 atom stereocenters. The van der Waals surface area contributed by atoms with E-state index in [2.05, 4.69) is 16.7 Å². The van der Waals surface area contributed by atoms with Crippen LogP contribution in [-0.4, -0.2) is 29.9 Å². The first-order valence-electron chi connectivity index (χ1n) is 11.1. The molecule has 0 aliphatic carbocycles. The summed E-state index contributed by atoms with van der Waals surface area (Å²) in [4.78, 5) is 27.2. The standard InChI is InChI=1S/C27H26N4O2/c28-18-20-9-11-22(12-10-20)23-13-15-31(16-14-23)26(32)24-7-4-8-25(17-24)30-27(33)29-19-21-5-2-1-3-6-21/h1-12,17,23H,13-16,19H2,(H2,29,30,33). The Bertz CT molecular complexity index is 1140. The van der Waals surface area contributed by atoms with E-state index >= 15 is 0 Å². The number of anilines is 1. The third kappa shape index (κ3) is 5.78. The molecule has 33 heavy (non-hydrogen) atoms. The predicted octanol–water partition coefficient (Wildman–Crippen LogP) is 4.90. The van der Waals surface area contributed by atoms with Crippen LogP contribution in [0.2, 0.25) is 0 Å². The first kappa shape index (κ1) is 22.1. The minimum Gasteiger partial charge on any atom is -0.339 e. The Morgan fingerprint density at radius 2 is 1.67 bits per heavy atom. The highest BCUT2D eigenvalue weighted by Gasteiger charge is 2.24. The molecule has 2 N–H and O–H groups in total.